The predicted molar refractivity (Wildman–Crippen MR) is 81.1 cm³/mol. The van der Waals surface area contributed by atoms with Crippen molar-refractivity contribution in [3.05, 3.63) is 46.7 Å². The van der Waals surface area contributed by atoms with Crippen molar-refractivity contribution in [1.82, 2.24) is 5.32 Å². The Bertz CT molecular complexity index is 616. The van der Waals surface area contributed by atoms with E-state index < -0.39 is 6.61 Å². The Morgan fingerprint density at radius 2 is 1.95 bits per heavy atom. The lowest BCUT2D eigenvalue weighted by atomic mass is 10.3. The van der Waals surface area contributed by atoms with Crippen LogP contribution in [-0.4, -0.2) is 17.6 Å². The summed E-state index contributed by atoms with van der Waals surface area (Å²) < 4.78 is 28.2. The Morgan fingerprint density at radius 1 is 1.24 bits per heavy atom. The molecule has 0 radical (unpaired) electrons. The molecule has 110 valence electrons. The molecule has 0 bridgehead atoms. The van der Waals surface area contributed by atoms with E-state index in [9.17, 15) is 13.6 Å². The highest BCUT2D eigenvalue weighted by atomic mass is 32.1. The standard InChI is InChI=1S/C13H10F2N2O2S2/c14-12(15)19-9-5-3-8(4-6-9)16-13(20)17-11(18)10-2-1-7-21-10/h1-7,12H,(H2,16,17,18,20). The van der Waals surface area contributed by atoms with Gasteiger partial charge in [0.25, 0.3) is 5.91 Å². The molecule has 21 heavy (non-hydrogen) atoms. The van der Waals surface area contributed by atoms with E-state index in [1.807, 2.05) is 0 Å². The van der Waals surface area contributed by atoms with Gasteiger partial charge in [-0.15, -0.1) is 11.3 Å². The third-order valence-electron chi connectivity index (χ3n) is 2.31. The molecule has 2 aromatic rings. The summed E-state index contributed by atoms with van der Waals surface area (Å²) in [6.45, 7) is -2.87. The largest absolute Gasteiger partial charge is 0.435 e. The predicted octanol–water partition coefficient (Wildman–Crippen LogP) is 3.48. The fourth-order valence-electron chi connectivity index (χ4n) is 1.45. The first-order valence-electron chi connectivity index (χ1n) is 5.75. The van der Waals surface area contributed by atoms with E-state index in [0.717, 1.165) is 0 Å². The highest BCUT2D eigenvalue weighted by Crippen LogP contribution is 2.17. The number of alkyl halides is 2. The first-order valence-corrected chi connectivity index (χ1v) is 7.04. The lowest BCUT2D eigenvalue weighted by molar-refractivity contribution is -0.0498. The van der Waals surface area contributed by atoms with Crippen molar-refractivity contribution in [3.63, 3.8) is 0 Å². The van der Waals surface area contributed by atoms with Gasteiger partial charge in [-0.3, -0.25) is 10.1 Å². The van der Waals surface area contributed by atoms with Gasteiger partial charge in [-0.1, -0.05) is 6.07 Å². The van der Waals surface area contributed by atoms with Crippen LogP contribution in [0.3, 0.4) is 0 Å². The smallest absolute Gasteiger partial charge is 0.387 e. The zero-order valence-corrected chi connectivity index (χ0v) is 12.1. The molecule has 1 heterocycles. The van der Waals surface area contributed by atoms with E-state index in [2.05, 4.69) is 15.4 Å². The molecule has 0 spiro atoms. The second-order valence-corrected chi connectivity index (χ2v) is 5.14. The summed E-state index contributed by atoms with van der Waals surface area (Å²) >= 11 is 6.30. The average molecular weight is 328 g/mol. The molecule has 2 N–H and O–H groups in total. The van der Waals surface area contributed by atoms with Crippen LogP contribution >= 0.6 is 23.6 Å². The Labute approximate surface area is 128 Å². The van der Waals surface area contributed by atoms with Crippen molar-refractivity contribution in [3.8, 4) is 5.75 Å². The van der Waals surface area contributed by atoms with E-state index >= 15 is 0 Å². The summed E-state index contributed by atoms with van der Waals surface area (Å²) in [6.07, 6.45) is 0. The topological polar surface area (TPSA) is 50.4 Å². The Morgan fingerprint density at radius 3 is 2.52 bits per heavy atom. The van der Waals surface area contributed by atoms with Crippen LogP contribution in [0.5, 0.6) is 5.75 Å². The van der Waals surface area contributed by atoms with Crippen LogP contribution in [0.25, 0.3) is 0 Å². The van der Waals surface area contributed by atoms with Crippen molar-refractivity contribution in [2.45, 2.75) is 6.61 Å². The molecule has 0 atom stereocenters. The Kier molecular flexibility index (Phi) is 5.18. The maximum absolute atomic E-state index is 12.0. The minimum absolute atomic E-state index is 0.0455. The molecule has 0 unspecified atom stereocenters. The molecule has 2 rings (SSSR count). The van der Waals surface area contributed by atoms with Crippen LogP contribution in [0.15, 0.2) is 41.8 Å². The molecule has 8 heteroatoms. The van der Waals surface area contributed by atoms with Gasteiger partial charge >= 0.3 is 6.61 Å². The number of amides is 1. The number of hydrogen-bond acceptors (Lipinski definition) is 4. The summed E-state index contributed by atoms with van der Waals surface area (Å²) in [6, 6.07) is 9.22. The van der Waals surface area contributed by atoms with Gasteiger partial charge in [0.1, 0.15) is 5.75 Å². The summed E-state index contributed by atoms with van der Waals surface area (Å²) in [7, 11) is 0. The normalized spacial score (nSPS) is 10.2. The number of ether oxygens (including phenoxy) is 1. The highest BCUT2D eigenvalue weighted by molar-refractivity contribution is 7.80. The van der Waals surface area contributed by atoms with Crippen molar-refractivity contribution in [1.29, 1.82) is 0 Å². The van der Waals surface area contributed by atoms with Crippen LogP contribution in [-0.2, 0) is 0 Å². The van der Waals surface area contributed by atoms with E-state index in [4.69, 9.17) is 12.2 Å². The number of carbonyl (C=O) groups is 1. The lowest BCUT2D eigenvalue weighted by Gasteiger charge is -2.10. The molecule has 0 aliphatic heterocycles. The summed E-state index contributed by atoms with van der Waals surface area (Å²) in [5, 5.41) is 7.20. The molecule has 1 amide bonds. The van der Waals surface area contributed by atoms with Gasteiger partial charge in [-0.25, -0.2) is 0 Å². The van der Waals surface area contributed by atoms with Gasteiger partial charge in [0.05, 0.1) is 4.88 Å². The molecule has 4 nitrogen and oxygen atoms in total. The molecular formula is C13H10F2N2O2S2. The fraction of sp³-hybridized carbons (Fsp3) is 0.0769. The molecule has 0 saturated heterocycles. The van der Waals surface area contributed by atoms with E-state index in [0.29, 0.717) is 10.6 Å². The van der Waals surface area contributed by atoms with Crippen molar-refractivity contribution in [2.75, 3.05) is 5.32 Å². The number of hydrogen-bond donors (Lipinski definition) is 2. The average Bonchev–Trinajstić information content (AvgIpc) is 2.94. The fourth-order valence-corrected chi connectivity index (χ4v) is 2.28. The number of carbonyl (C=O) groups excluding carboxylic acids is 1. The number of nitrogens with one attached hydrogen (secondary N) is 2. The molecule has 0 aliphatic carbocycles. The lowest BCUT2D eigenvalue weighted by Crippen LogP contribution is -2.33. The van der Waals surface area contributed by atoms with Crippen LogP contribution in [0.2, 0.25) is 0 Å². The van der Waals surface area contributed by atoms with Gasteiger partial charge in [0.2, 0.25) is 0 Å². The monoisotopic (exact) mass is 328 g/mol. The van der Waals surface area contributed by atoms with Crippen LogP contribution in [0, 0.1) is 0 Å². The number of anilines is 1. The first kappa shape index (κ1) is 15.3. The van der Waals surface area contributed by atoms with Crippen LogP contribution in [0.4, 0.5) is 14.5 Å². The number of thiocarbonyl (C=S) groups is 1. The molecule has 1 aromatic carbocycles. The minimum Gasteiger partial charge on any atom is -0.435 e. The van der Waals surface area contributed by atoms with E-state index in [1.165, 1.54) is 35.6 Å². The zero-order chi connectivity index (χ0) is 15.2. The molecule has 0 saturated carbocycles. The second-order valence-electron chi connectivity index (χ2n) is 3.79. The first-order chi connectivity index (χ1) is 10.0. The maximum Gasteiger partial charge on any atom is 0.387 e. The van der Waals surface area contributed by atoms with E-state index in [1.54, 1.807) is 17.5 Å². The van der Waals surface area contributed by atoms with Crippen molar-refractivity contribution < 1.29 is 18.3 Å². The Balaban J connectivity index is 1.89. The molecule has 1 aromatic heterocycles. The maximum atomic E-state index is 12.0. The number of benzene rings is 1. The third-order valence-corrected chi connectivity index (χ3v) is 3.38. The summed E-state index contributed by atoms with van der Waals surface area (Å²) in [5.41, 5.74) is 0.549. The van der Waals surface area contributed by atoms with Gasteiger partial charge in [0, 0.05) is 5.69 Å². The number of thiophene rings is 1. The zero-order valence-electron chi connectivity index (χ0n) is 10.5. The molecule has 0 fully saturated rings. The molecule has 0 aliphatic rings. The van der Waals surface area contributed by atoms with Gasteiger partial charge in [-0.2, -0.15) is 8.78 Å². The molecular weight excluding hydrogens is 318 g/mol. The third kappa shape index (κ3) is 4.76. The van der Waals surface area contributed by atoms with Gasteiger partial charge in [0.15, 0.2) is 5.11 Å². The quantitative estimate of drug-likeness (QED) is 0.844. The SMILES string of the molecule is O=C(NC(=S)Nc1ccc(OC(F)F)cc1)c1cccs1. The summed E-state index contributed by atoms with van der Waals surface area (Å²) in [5.74, 6) is -0.260. The summed E-state index contributed by atoms with van der Waals surface area (Å²) in [4.78, 5) is 12.3. The van der Waals surface area contributed by atoms with Crippen molar-refractivity contribution >= 4 is 40.3 Å². The van der Waals surface area contributed by atoms with Crippen LogP contribution < -0.4 is 15.4 Å². The van der Waals surface area contributed by atoms with Gasteiger partial charge < -0.3 is 10.1 Å². The van der Waals surface area contributed by atoms with E-state index in [-0.39, 0.29) is 16.8 Å². The minimum atomic E-state index is -2.87. The second kappa shape index (κ2) is 7.09. The van der Waals surface area contributed by atoms with Crippen molar-refractivity contribution in [2.24, 2.45) is 0 Å². The Hall–Kier alpha value is -2.06. The highest BCUT2D eigenvalue weighted by Gasteiger charge is 2.09. The van der Waals surface area contributed by atoms with Gasteiger partial charge in [-0.05, 0) is 47.9 Å². The van der Waals surface area contributed by atoms with Crippen LogP contribution in [0.1, 0.15) is 9.67 Å². The number of halogens is 2. The number of rotatable bonds is 4.